The minimum atomic E-state index is -0.719. The zero-order valence-electron chi connectivity index (χ0n) is 13.1. The molecule has 0 atom stereocenters. The summed E-state index contributed by atoms with van der Waals surface area (Å²) in [6.07, 6.45) is 0. The first-order valence-corrected chi connectivity index (χ1v) is 7.48. The number of nitrogens with one attached hydrogen (secondary N) is 2. The summed E-state index contributed by atoms with van der Waals surface area (Å²) in [5.41, 5.74) is 4.77. The van der Waals surface area contributed by atoms with Crippen LogP contribution in [0, 0.1) is 17.0 Å². The highest BCUT2D eigenvalue weighted by Gasteiger charge is 2.16. The van der Waals surface area contributed by atoms with Crippen molar-refractivity contribution in [3.05, 3.63) is 68.7 Å². The van der Waals surface area contributed by atoms with Crippen molar-refractivity contribution in [3.63, 3.8) is 0 Å². The Morgan fingerprint density at radius 3 is 2.60 bits per heavy atom. The number of hydrazine groups is 1. The standard InChI is InChI=1S/C16H14ClN3O5/c1-10-4-2-3-5-14(10)25-9-15(21)18-19-16(22)11-6-7-12(17)13(8-11)20(23)24/h2-8H,9H2,1H3,(H,18,21)(H,19,22). The molecule has 9 heteroatoms. The molecule has 2 rings (SSSR count). The van der Waals surface area contributed by atoms with Crippen LogP contribution < -0.4 is 15.6 Å². The molecular formula is C16H14ClN3O5. The summed E-state index contributed by atoms with van der Waals surface area (Å²) < 4.78 is 5.33. The fraction of sp³-hybridized carbons (Fsp3) is 0.125. The van der Waals surface area contributed by atoms with Crippen LogP contribution in [0.15, 0.2) is 42.5 Å². The van der Waals surface area contributed by atoms with Crippen LogP contribution in [-0.2, 0) is 4.79 Å². The molecule has 2 aromatic carbocycles. The number of hydrogen-bond acceptors (Lipinski definition) is 5. The molecule has 0 unspecified atom stereocenters. The topological polar surface area (TPSA) is 111 Å². The third kappa shape index (κ3) is 4.92. The second-order valence-electron chi connectivity index (χ2n) is 4.98. The Morgan fingerprint density at radius 1 is 1.20 bits per heavy atom. The molecule has 130 valence electrons. The number of ether oxygens (including phenoxy) is 1. The van der Waals surface area contributed by atoms with E-state index in [0.717, 1.165) is 11.6 Å². The number of nitrogens with zero attached hydrogens (tertiary/aromatic N) is 1. The number of carbonyl (C=O) groups is 2. The Balaban J connectivity index is 1.89. The number of hydrogen-bond donors (Lipinski definition) is 2. The molecule has 0 saturated carbocycles. The summed E-state index contributed by atoms with van der Waals surface area (Å²) in [6.45, 7) is 1.54. The highest BCUT2D eigenvalue weighted by atomic mass is 35.5. The zero-order chi connectivity index (χ0) is 18.4. The molecule has 0 spiro atoms. The Labute approximate surface area is 147 Å². The van der Waals surface area contributed by atoms with Crippen LogP contribution >= 0.6 is 11.6 Å². The van der Waals surface area contributed by atoms with Gasteiger partial charge in [-0.1, -0.05) is 29.8 Å². The van der Waals surface area contributed by atoms with Gasteiger partial charge >= 0.3 is 0 Å². The summed E-state index contributed by atoms with van der Waals surface area (Å²) >= 11 is 5.68. The molecule has 0 saturated heterocycles. The van der Waals surface area contributed by atoms with E-state index in [1.165, 1.54) is 12.1 Å². The minimum Gasteiger partial charge on any atom is -0.483 e. The van der Waals surface area contributed by atoms with Gasteiger partial charge in [-0.15, -0.1) is 0 Å². The molecule has 8 nitrogen and oxygen atoms in total. The molecule has 0 fully saturated rings. The van der Waals surface area contributed by atoms with Gasteiger partial charge in [0.05, 0.1) is 4.92 Å². The van der Waals surface area contributed by atoms with Crippen molar-refractivity contribution < 1.29 is 19.2 Å². The van der Waals surface area contributed by atoms with Crippen molar-refractivity contribution in [3.8, 4) is 5.75 Å². The summed E-state index contributed by atoms with van der Waals surface area (Å²) in [6, 6.07) is 10.7. The van der Waals surface area contributed by atoms with Crippen LogP contribution in [-0.4, -0.2) is 23.3 Å². The molecule has 0 bridgehead atoms. The molecule has 0 aliphatic rings. The van der Waals surface area contributed by atoms with Crippen LogP contribution in [0.3, 0.4) is 0 Å². The number of benzene rings is 2. The van der Waals surface area contributed by atoms with Crippen molar-refractivity contribution in [1.82, 2.24) is 10.9 Å². The average Bonchev–Trinajstić information content (AvgIpc) is 2.59. The Kier molecular flexibility index (Phi) is 5.91. The number of aryl methyl sites for hydroxylation is 1. The lowest BCUT2D eigenvalue weighted by Gasteiger charge is -2.10. The van der Waals surface area contributed by atoms with Crippen LogP contribution in [0.2, 0.25) is 5.02 Å². The lowest BCUT2D eigenvalue weighted by atomic mass is 10.2. The van der Waals surface area contributed by atoms with Gasteiger partial charge in [-0.3, -0.25) is 30.6 Å². The number of amides is 2. The van der Waals surface area contributed by atoms with Gasteiger partial charge in [0.25, 0.3) is 17.5 Å². The number of rotatable bonds is 5. The normalized spacial score (nSPS) is 10.0. The van der Waals surface area contributed by atoms with Gasteiger partial charge in [0.1, 0.15) is 10.8 Å². The van der Waals surface area contributed by atoms with Gasteiger partial charge in [-0.2, -0.15) is 0 Å². The number of para-hydroxylation sites is 1. The molecule has 2 amide bonds. The zero-order valence-corrected chi connectivity index (χ0v) is 13.9. The van der Waals surface area contributed by atoms with Crippen molar-refractivity contribution in [1.29, 1.82) is 0 Å². The first-order chi connectivity index (χ1) is 11.9. The number of halogens is 1. The third-order valence-electron chi connectivity index (χ3n) is 3.17. The van der Waals surface area contributed by atoms with E-state index in [4.69, 9.17) is 16.3 Å². The molecule has 2 N–H and O–H groups in total. The monoisotopic (exact) mass is 363 g/mol. The summed E-state index contributed by atoms with van der Waals surface area (Å²) in [7, 11) is 0. The summed E-state index contributed by atoms with van der Waals surface area (Å²) in [4.78, 5) is 33.8. The maximum absolute atomic E-state index is 11.9. The fourth-order valence-corrected chi connectivity index (χ4v) is 2.08. The first-order valence-electron chi connectivity index (χ1n) is 7.10. The predicted molar refractivity (Wildman–Crippen MR) is 90.4 cm³/mol. The average molecular weight is 364 g/mol. The highest BCUT2D eigenvalue weighted by molar-refractivity contribution is 6.32. The SMILES string of the molecule is Cc1ccccc1OCC(=O)NNC(=O)c1ccc(Cl)c([N+](=O)[O-])c1. The van der Waals surface area contributed by atoms with E-state index in [1.54, 1.807) is 12.1 Å². The minimum absolute atomic E-state index is 0.0174. The van der Waals surface area contributed by atoms with Crippen LogP contribution in [0.5, 0.6) is 5.75 Å². The van der Waals surface area contributed by atoms with Gasteiger partial charge in [-0.25, -0.2) is 0 Å². The van der Waals surface area contributed by atoms with E-state index in [9.17, 15) is 19.7 Å². The molecule has 25 heavy (non-hydrogen) atoms. The smallest absolute Gasteiger partial charge is 0.288 e. The van der Waals surface area contributed by atoms with Crippen molar-refractivity contribution in [2.75, 3.05) is 6.61 Å². The Hall–Kier alpha value is -3.13. The van der Waals surface area contributed by atoms with Crippen molar-refractivity contribution in [2.45, 2.75) is 6.92 Å². The van der Waals surface area contributed by atoms with Crippen molar-refractivity contribution >= 4 is 29.1 Å². The van der Waals surface area contributed by atoms with E-state index in [0.29, 0.717) is 5.75 Å². The molecule has 0 radical (unpaired) electrons. The van der Waals surface area contributed by atoms with E-state index < -0.39 is 22.4 Å². The van der Waals surface area contributed by atoms with Gasteiger partial charge in [-0.05, 0) is 30.7 Å². The van der Waals surface area contributed by atoms with Gasteiger partial charge in [0.2, 0.25) is 0 Å². The summed E-state index contributed by atoms with van der Waals surface area (Å²) in [5.74, 6) is -0.749. The fourth-order valence-electron chi connectivity index (χ4n) is 1.89. The van der Waals surface area contributed by atoms with Gasteiger partial charge < -0.3 is 4.74 Å². The quantitative estimate of drug-likeness (QED) is 0.626. The number of carbonyl (C=O) groups excluding carboxylic acids is 2. The lowest BCUT2D eigenvalue weighted by molar-refractivity contribution is -0.384. The third-order valence-corrected chi connectivity index (χ3v) is 3.49. The van der Waals surface area contributed by atoms with Crippen LogP contribution in [0.25, 0.3) is 0 Å². The van der Waals surface area contributed by atoms with Crippen LogP contribution in [0.4, 0.5) is 5.69 Å². The molecule has 0 heterocycles. The largest absolute Gasteiger partial charge is 0.483 e. The highest BCUT2D eigenvalue weighted by Crippen LogP contribution is 2.24. The van der Waals surface area contributed by atoms with E-state index in [1.807, 2.05) is 19.1 Å². The van der Waals surface area contributed by atoms with Crippen molar-refractivity contribution in [2.24, 2.45) is 0 Å². The molecular weight excluding hydrogens is 350 g/mol. The molecule has 2 aromatic rings. The van der Waals surface area contributed by atoms with E-state index >= 15 is 0 Å². The van der Waals surface area contributed by atoms with Crippen LogP contribution in [0.1, 0.15) is 15.9 Å². The second-order valence-corrected chi connectivity index (χ2v) is 5.39. The maximum atomic E-state index is 11.9. The number of nitro benzene ring substituents is 1. The van der Waals surface area contributed by atoms with Gasteiger partial charge in [0.15, 0.2) is 6.61 Å². The number of nitro groups is 1. The second kappa shape index (κ2) is 8.11. The first kappa shape index (κ1) is 18.2. The maximum Gasteiger partial charge on any atom is 0.288 e. The molecule has 0 aromatic heterocycles. The van der Waals surface area contributed by atoms with E-state index in [-0.39, 0.29) is 17.2 Å². The molecule has 0 aliphatic heterocycles. The van der Waals surface area contributed by atoms with Gasteiger partial charge in [0, 0.05) is 11.6 Å². The Morgan fingerprint density at radius 2 is 1.92 bits per heavy atom. The summed E-state index contributed by atoms with van der Waals surface area (Å²) in [5, 5.41) is 10.7. The Bertz CT molecular complexity index is 825. The predicted octanol–water partition coefficient (Wildman–Crippen LogP) is 2.40. The van der Waals surface area contributed by atoms with E-state index in [2.05, 4.69) is 10.9 Å². The lowest BCUT2D eigenvalue weighted by Crippen LogP contribution is -2.43. The molecule has 0 aliphatic carbocycles.